The molecule has 1 heterocycles. The summed E-state index contributed by atoms with van der Waals surface area (Å²) in [4.78, 5) is 0. The second kappa shape index (κ2) is 4.82. The summed E-state index contributed by atoms with van der Waals surface area (Å²) in [7, 11) is 0. The third-order valence-electron chi connectivity index (χ3n) is 2.35. The fourth-order valence-corrected chi connectivity index (χ4v) is 2.54. The summed E-state index contributed by atoms with van der Waals surface area (Å²) < 4.78 is 9.00. The monoisotopic (exact) mass is 209 g/mol. The van der Waals surface area contributed by atoms with Crippen molar-refractivity contribution in [3.63, 3.8) is 0 Å². The quantitative estimate of drug-likeness (QED) is 0.718. The Kier molecular flexibility index (Phi) is 3.45. The molecule has 2 atom stereocenters. The Morgan fingerprint density at radius 3 is 2.93 bits per heavy atom. The molecule has 0 aliphatic carbocycles. The zero-order chi connectivity index (χ0) is 9.80. The van der Waals surface area contributed by atoms with Gasteiger partial charge in [-0.05, 0) is 12.5 Å². The molecule has 1 saturated heterocycles. The molecule has 1 aromatic carbocycles. The van der Waals surface area contributed by atoms with Crippen LogP contribution in [0.15, 0.2) is 30.3 Å². The van der Waals surface area contributed by atoms with Gasteiger partial charge in [0.05, 0.1) is 18.0 Å². The van der Waals surface area contributed by atoms with Crippen LogP contribution in [0.3, 0.4) is 0 Å². The van der Waals surface area contributed by atoms with Crippen LogP contribution in [-0.4, -0.2) is 19.3 Å². The van der Waals surface area contributed by atoms with Gasteiger partial charge in [-0.1, -0.05) is 42.3 Å². The van der Waals surface area contributed by atoms with Crippen molar-refractivity contribution in [3.8, 4) is 0 Å². The second-order valence-electron chi connectivity index (χ2n) is 3.42. The minimum absolute atomic E-state index is 0.275. The molecule has 0 spiro atoms. The summed E-state index contributed by atoms with van der Waals surface area (Å²) in [5.74, 6) is 0. The first kappa shape index (κ1) is 10.0. The molecule has 1 aliphatic rings. The van der Waals surface area contributed by atoms with E-state index in [9.17, 15) is 0 Å². The summed E-state index contributed by atoms with van der Waals surface area (Å²) in [5.41, 5.74) is 1.33. The van der Waals surface area contributed by atoms with Crippen molar-refractivity contribution in [2.24, 2.45) is 0 Å². The first-order valence-electron chi connectivity index (χ1n) is 4.93. The van der Waals surface area contributed by atoms with Crippen LogP contribution in [0.4, 0.5) is 0 Å². The van der Waals surface area contributed by atoms with E-state index in [2.05, 4.69) is 35.9 Å². The van der Waals surface area contributed by atoms with Crippen molar-refractivity contribution in [3.05, 3.63) is 35.9 Å². The van der Waals surface area contributed by atoms with Crippen molar-refractivity contribution in [2.75, 3.05) is 13.2 Å². The smallest absolute Gasteiger partial charge is 0.0719 e. The van der Waals surface area contributed by atoms with Crippen molar-refractivity contribution in [2.45, 2.75) is 18.3 Å². The maximum atomic E-state index is 5.69. The van der Waals surface area contributed by atoms with Gasteiger partial charge in [-0.2, -0.15) is 0 Å². The van der Waals surface area contributed by atoms with Crippen molar-refractivity contribution >= 4 is 11.9 Å². The lowest BCUT2D eigenvalue weighted by atomic mass is 10.1. The second-order valence-corrected chi connectivity index (χ2v) is 4.45. The molecule has 1 N–H and O–H groups in total. The SMILES string of the molecule is C[C@@H]1OCCNS[C@H]1c1ccccc1. The van der Waals surface area contributed by atoms with Gasteiger partial charge >= 0.3 is 0 Å². The van der Waals surface area contributed by atoms with Gasteiger partial charge in [0, 0.05) is 6.54 Å². The van der Waals surface area contributed by atoms with Crippen LogP contribution in [0.1, 0.15) is 17.7 Å². The highest BCUT2D eigenvalue weighted by molar-refractivity contribution is 7.97. The lowest BCUT2D eigenvalue weighted by molar-refractivity contribution is 0.0733. The van der Waals surface area contributed by atoms with Crippen molar-refractivity contribution in [1.82, 2.24) is 4.72 Å². The van der Waals surface area contributed by atoms with Gasteiger partial charge in [-0.25, -0.2) is 0 Å². The molecule has 0 bridgehead atoms. The molecule has 3 heteroatoms. The molecule has 0 saturated carbocycles. The molecule has 2 nitrogen and oxygen atoms in total. The Labute approximate surface area is 89.2 Å². The third-order valence-corrected chi connectivity index (χ3v) is 3.63. The zero-order valence-corrected chi connectivity index (χ0v) is 9.09. The topological polar surface area (TPSA) is 21.3 Å². The summed E-state index contributed by atoms with van der Waals surface area (Å²) >= 11 is 1.77. The average molecular weight is 209 g/mol. The van der Waals surface area contributed by atoms with Gasteiger partial charge in [-0.15, -0.1) is 0 Å². The van der Waals surface area contributed by atoms with Gasteiger partial charge in [0.2, 0.25) is 0 Å². The standard InChI is InChI=1S/C11H15NOS/c1-9-11(14-12-7-8-13-9)10-5-3-2-4-6-10/h2-6,9,11-12H,7-8H2,1H3/t9-,11+/m0/s1. The van der Waals surface area contributed by atoms with E-state index in [1.807, 2.05) is 6.07 Å². The van der Waals surface area contributed by atoms with E-state index >= 15 is 0 Å². The van der Waals surface area contributed by atoms with E-state index < -0.39 is 0 Å². The highest BCUT2D eigenvalue weighted by Gasteiger charge is 2.22. The molecule has 0 radical (unpaired) electrons. The highest BCUT2D eigenvalue weighted by atomic mass is 32.2. The van der Waals surface area contributed by atoms with Crippen LogP contribution >= 0.6 is 11.9 Å². The molecule has 1 aromatic rings. The highest BCUT2D eigenvalue weighted by Crippen LogP contribution is 2.32. The van der Waals surface area contributed by atoms with E-state index in [0.717, 1.165) is 13.2 Å². The van der Waals surface area contributed by atoms with Crippen LogP contribution in [0.5, 0.6) is 0 Å². The number of nitrogens with one attached hydrogen (secondary N) is 1. The Balaban J connectivity index is 2.15. The number of benzene rings is 1. The number of rotatable bonds is 1. The Morgan fingerprint density at radius 2 is 2.14 bits per heavy atom. The first-order chi connectivity index (χ1) is 6.88. The molecule has 0 amide bonds. The van der Waals surface area contributed by atoms with Crippen LogP contribution in [0.25, 0.3) is 0 Å². The van der Waals surface area contributed by atoms with E-state index in [0.29, 0.717) is 5.25 Å². The molecule has 1 fully saturated rings. The molecule has 0 unspecified atom stereocenters. The molecule has 1 aliphatic heterocycles. The Morgan fingerprint density at radius 1 is 1.36 bits per heavy atom. The predicted molar refractivity (Wildman–Crippen MR) is 60.2 cm³/mol. The normalized spacial score (nSPS) is 28.4. The number of hydrogen-bond donors (Lipinski definition) is 1. The lowest BCUT2D eigenvalue weighted by Crippen LogP contribution is -2.15. The minimum atomic E-state index is 0.275. The van der Waals surface area contributed by atoms with Crippen molar-refractivity contribution < 1.29 is 4.74 Å². The largest absolute Gasteiger partial charge is 0.376 e. The maximum Gasteiger partial charge on any atom is 0.0719 e. The number of hydrogen-bond acceptors (Lipinski definition) is 3. The fraction of sp³-hybridized carbons (Fsp3) is 0.455. The van der Waals surface area contributed by atoms with Gasteiger partial charge in [0.1, 0.15) is 0 Å². The molecule has 76 valence electrons. The number of ether oxygens (including phenoxy) is 1. The Bertz CT molecular complexity index is 278. The van der Waals surface area contributed by atoms with Crippen LogP contribution in [-0.2, 0) is 4.74 Å². The lowest BCUT2D eigenvalue weighted by Gasteiger charge is -2.20. The summed E-state index contributed by atoms with van der Waals surface area (Å²) in [6, 6.07) is 10.5. The third kappa shape index (κ3) is 2.29. The van der Waals surface area contributed by atoms with Gasteiger partial charge in [0.15, 0.2) is 0 Å². The molecule has 2 rings (SSSR count). The summed E-state index contributed by atoms with van der Waals surface area (Å²) in [6.45, 7) is 3.87. The fourth-order valence-electron chi connectivity index (χ4n) is 1.60. The molecule has 0 aromatic heterocycles. The molecular weight excluding hydrogens is 194 g/mol. The van der Waals surface area contributed by atoms with Gasteiger partial charge in [0.25, 0.3) is 0 Å². The van der Waals surface area contributed by atoms with Crippen LogP contribution < -0.4 is 4.72 Å². The van der Waals surface area contributed by atoms with E-state index in [1.165, 1.54) is 5.56 Å². The average Bonchev–Trinajstić information content (AvgIpc) is 2.44. The molecule has 14 heavy (non-hydrogen) atoms. The van der Waals surface area contributed by atoms with Crippen LogP contribution in [0, 0.1) is 0 Å². The Hall–Kier alpha value is -0.510. The van der Waals surface area contributed by atoms with E-state index in [-0.39, 0.29) is 6.10 Å². The zero-order valence-electron chi connectivity index (χ0n) is 8.27. The van der Waals surface area contributed by atoms with Gasteiger partial charge < -0.3 is 4.74 Å². The first-order valence-corrected chi connectivity index (χ1v) is 5.81. The van der Waals surface area contributed by atoms with E-state index in [1.54, 1.807) is 11.9 Å². The van der Waals surface area contributed by atoms with E-state index in [4.69, 9.17) is 4.74 Å². The van der Waals surface area contributed by atoms with Gasteiger partial charge in [-0.3, -0.25) is 4.72 Å². The van der Waals surface area contributed by atoms with Crippen LogP contribution in [0.2, 0.25) is 0 Å². The molecular formula is C11H15NOS. The predicted octanol–water partition coefficient (Wildman–Crippen LogP) is 2.38. The van der Waals surface area contributed by atoms with Crippen molar-refractivity contribution in [1.29, 1.82) is 0 Å². The summed E-state index contributed by atoms with van der Waals surface area (Å²) in [6.07, 6.45) is 0.275. The minimum Gasteiger partial charge on any atom is -0.376 e. The maximum absolute atomic E-state index is 5.69. The summed E-state index contributed by atoms with van der Waals surface area (Å²) in [5, 5.41) is 0.402.